The summed E-state index contributed by atoms with van der Waals surface area (Å²) in [6.45, 7) is 0. The number of amides is 2. The van der Waals surface area contributed by atoms with Crippen LogP contribution in [0.5, 0.6) is 0 Å². The molecule has 0 saturated heterocycles. The van der Waals surface area contributed by atoms with E-state index in [2.05, 4.69) is 10.6 Å². The molecule has 0 aliphatic carbocycles. The lowest BCUT2D eigenvalue weighted by atomic mass is 9.74. The normalized spacial score (nSPS) is 19.5. The lowest BCUT2D eigenvalue weighted by Gasteiger charge is -2.31. The van der Waals surface area contributed by atoms with Gasteiger partial charge in [0.05, 0.1) is 17.0 Å². The van der Waals surface area contributed by atoms with E-state index in [-0.39, 0.29) is 28.1 Å². The predicted octanol–water partition coefficient (Wildman–Crippen LogP) is 3.83. The second-order valence-electron chi connectivity index (χ2n) is 6.93. The van der Waals surface area contributed by atoms with Crippen molar-refractivity contribution in [1.29, 1.82) is 0 Å². The Morgan fingerprint density at radius 1 is 1.07 bits per heavy atom. The van der Waals surface area contributed by atoms with Gasteiger partial charge in [-0.3, -0.25) is 9.59 Å². The average Bonchev–Trinajstić information content (AvgIpc) is 3.19. The van der Waals surface area contributed by atoms with Crippen molar-refractivity contribution >= 4 is 40.5 Å². The number of carbonyl (C=O) groups is 3. The number of rotatable bonds is 2. The van der Waals surface area contributed by atoms with E-state index in [4.69, 9.17) is 0 Å². The van der Waals surface area contributed by atoms with Gasteiger partial charge in [0, 0.05) is 16.8 Å². The number of benzene rings is 2. The molecule has 6 nitrogen and oxygen atoms in total. The summed E-state index contributed by atoms with van der Waals surface area (Å²) in [5.41, 5.74) is 0.176. The summed E-state index contributed by atoms with van der Waals surface area (Å²) in [7, 11) is 0. The Morgan fingerprint density at radius 2 is 1.79 bits per heavy atom. The van der Waals surface area contributed by atoms with Gasteiger partial charge in [-0.05, 0) is 17.7 Å². The lowest BCUT2D eigenvalue weighted by Crippen LogP contribution is -2.42. The molecule has 1 spiro atoms. The van der Waals surface area contributed by atoms with E-state index in [1.54, 1.807) is 30.3 Å². The number of nitrogens with one attached hydrogen (secondary N) is 2. The van der Waals surface area contributed by atoms with Crippen molar-refractivity contribution in [3.63, 3.8) is 0 Å². The Labute approximate surface area is 168 Å². The van der Waals surface area contributed by atoms with Crippen LogP contribution in [0, 0.1) is 5.82 Å². The first-order valence-electron chi connectivity index (χ1n) is 8.80. The van der Waals surface area contributed by atoms with E-state index >= 15 is 0 Å². The quantitative estimate of drug-likeness (QED) is 0.601. The second-order valence-corrected chi connectivity index (χ2v) is 7.95. The van der Waals surface area contributed by atoms with Crippen LogP contribution in [0.25, 0.3) is 11.1 Å². The largest absolute Gasteiger partial charge is 0.477 e. The first kappa shape index (κ1) is 17.6. The maximum Gasteiger partial charge on any atom is 0.346 e. The van der Waals surface area contributed by atoms with Gasteiger partial charge >= 0.3 is 5.97 Å². The van der Waals surface area contributed by atoms with Crippen LogP contribution < -0.4 is 10.6 Å². The number of hydrogen-bond acceptors (Lipinski definition) is 4. The molecule has 0 saturated carbocycles. The molecule has 2 aliphatic heterocycles. The molecule has 3 N–H and O–H groups in total. The van der Waals surface area contributed by atoms with Gasteiger partial charge in [0.15, 0.2) is 0 Å². The molecule has 2 aliphatic rings. The van der Waals surface area contributed by atoms with E-state index < -0.39 is 29.0 Å². The van der Waals surface area contributed by atoms with Gasteiger partial charge in [-0.1, -0.05) is 36.4 Å². The van der Waals surface area contributed by atoms with Gasteiger partial charge in [0.25, 0.3) is 0 Å². The first-order chi connectivity index (χ1) is 13.9. The highest BCUT2D eigenvalue weighted by atomic mass is 32.1. The zero-order chi connectivity index (χ0) is 20.3. The van der Waals surface area contributed by atoms with Crippen LogP contribution in [0.2, 0.25) is 0 Å². The Hall–Kier alpha value is -3.52. The van der Waals surface area contributed by atoms with Gasteiger partial charge in [-0.25, -0.2) is 9.18 Å². The third kappa shape index (κ3) is 2.29. The molecule has 3 aromatic rings. The zero-order valence-corrected chi connectivity index (χ0v) is 15.6. The fraction of sp³-hybridized carbons (Fsp3) is 0.0952. The molecule has 8 heteroatoms. The highest BCUT2D eigenvalue weighted by Gasteiger charge is 2.55. The van der Waals surface area contributed by atoms with Crippen LogP contribution in [0.15, 0.2) is 48.5 Å². The van der Waals surface area contributed by atoms with Crippen LogP contribution in [0.1, 0.15) is 26.5 Å². The molecule has 0 radical (unpaired) electrons. The number of carbonyl (C=O) groups excluding carboxylic acids is 2. The minimum absolute atomic E-state index is 0.0615. The number of fused-ring (bicyclic) bond motifs is 4. The monoisotopic (exact) mass is 408 g/mol. The molecule has 0 unspecified atom stereocenters. The van der Waals surface area contributed by atoms with E-state index in [9.17, 15) is 23.9 Å². The number of para-hydroxylation sites is 1. The van der Waals surface area contributed by atoms with E-state index in [1.165, 1.54) is 18.2 Å². The molecule has 5 rings (SSSR count). The van der Waals surface area contributed by atoms with E-state index in [0.29, 0.717) is 16.1 Å². The standard InChI is InChI=1S/C21H13FN2O4S/c22-12-7-3-1-5-10(12)15-16-18(29-17(15)19(26)27)21(9-14(25)24-16)11-6-2-4-8-13(11)23-20(21)28/h1-8H,9H2,(H,23,28)(H,24,25)(H,26,27)/t21-/m0/s1. The highest BCUT2D eigenvalue weighted by Crippen LogP contribution is 2.56. The van der Waals surface area contributed by atoms with Crippen LogP contribution >= 0.6 is 11.3 Å². The molecule has 0 fully saturated rings. The van der Waals surface area contributed by atoms with Crippen LogP contribution in [0.4, 0.5) is 15.8 Å². The fourth-order valence-electron chi connectivity index (χ4n) is 4.14. The zero-order valence-electron chi connectivity index (χ0n) is 14.8. The molecule has 2 aromatic carbocycles. The van der Waals surface area contributed by atoms with Gasteiger partial charge in [-0.15, -0.1) is 11.3 Å². The summed E-state index contributed by atoms with van der Waals surface area (Å²) >= 11 is 0.897. The van der Waals surface area contributed by atoms with Crippen LogP contribution in [-0.4, -0.2) is 22.9 Å². The summed E-state index contributed by atoms with van der Waals surface area (Å²) in [5, 5.41) is 15.3. The second kappa shape index (κ2) is 5.99. The van der Waals surface area contributed by atoms with Crippen molar-refractivity contribution in [1.82, 2.24) is 0 Å². The molecule has 1 atom stereocenters. The van der Waals surface area contributed by atoms with Crippen molar-refractivity contribution in [3.8, 4) is 11.1 Å². The van der Waals surface area contributed by atoms with Gasteiger partial charge in [0.1, 0.15) is 16.1 Å². The highest BCUT2D eigenvalue weighted by molar-refractivity contribution is 7.15. The smallest absolute Gasteiger partial charge is 0.346 e. The molecule has 0 bridgehead atoms. The molecule has 144 valence electrons. The number of hydrogen-bond donors (Lipinski definition) is 3. The molecular weight excluding hydrogens is 395 g/mol. The van der Waals surface area contributed by atoms with Gasteiger partial charge in [-0.2, -0.15) is 0 Å². The number of carboxylic acid groups (broad SMARTS) is 1. The molecule has 3 heterocycles. The predicted molar refractivity (Wildman–Crippen MR) is 106 cm³/mol. The van der Waals surface area contributed by atoms with Crippen molar-refractivity contribution < 1.29 is 23.9 Å². The Morgan fingerprint density at radius 3 is 2.55 bits per heavy atom. The van der Waals surface area contributed by atoms with Crippen LogP contribution in [-0.2, 0) is 15.0 Å². The number of thiophene rings is 1. The maximum atomic E-state index is 14.6. The van der Waals surface area contributed by atoms with Gasteiger partial charge in [0.2, 0.25) is 11.8 Å². The molecule has 2 amide bonds. The summed E-state index contributed by atoms with van der Waals surface area (Å²) < 4.78 is 14.6. The Bertz CT molecular complexity index is 1240. The molecule has 29 heavy (non-hydrogen) atoms. The average molecular weight is 408 g/mol. The number of aromatic carboxylic acids is 1. The molecule has 1 aromatic heterocycles. The number of anilines is 2. The van der Waals surface area contributed by atoms with Crippen molar-refractivity contribution in [2.75, 3.05) is 10.6 Å². The summed E-state index contributed by atoms with van der Waals surface area (Å²) in [6, 6.07) is 12.8. The third-order valence-electron chi connectivity index (χ3n) is 5.35. The summed E-state index contributed by atoms with van der Waals surface area (Å²) in [6.07, 6.45) is -0.154. The maximum absolute atomic E-state index is 14.6. The fourth-order valence-corrected chi connectivity index (χ4v) is 5.45. The van der Waals surface area contributed by atoms with Gasteiger partial charge < -0.3 is 15.7 Å². The minimum atomic E-state index is -1.34. The van der Waals surface area contributed by atoms with Crippen LogP contribution in [0.3, 0.4) is 0 Å². The van der Waals surface area contributed by atoms with E-state index in [0.717, 1.165) is 11.3 Å². The summed E-state index contributed by atoms with van der Waals surface area (Å²) in [4.78, 5) is 38.0. The van der Waals surface area contributed by atoms with Crippen molar-refractivity contribution in [2.24, 2.45) is 0 Å². The molecular formula is C21H13FN2O4S. The minimum Gasteiger partial charge on any atom is -0.477 e. The van der Waals surface area contributed by atoms with Crippen molar-refractivity contribution in [3.05, 3.63) is 69.7 Å². The third-order valence-corrected chi connectivity index (χ3v) is 6.69. The first-order valence-corrected chi connectivity index (χ1v) is 9.61. The number of carboxylic acids is 1. The summed E-state index contributed by atoms with van der Waals surface area (Å²) in [5.74, 6) is -2.69. The SMILES string of the molecule is O=C1C[C@@]2(C(=O)Nc3ccccc32)c2sc(C(=O)O)c(-c3ccccc3F)c2N1. The number of halogens is 1. The Balaban J connectivity index is 1.87. The topological polar surface area (TPSA) is 95.5 Å². The Kier molecular flexibility index (Phi) is 3.63. The van der Waals surface area contributed by atoms with Crippen molar-refractivity contribution in [2.45, 2.75) is 11.8 Å². The van der Waals surface area contributed by atoms with E-state index in [1.807, 2.05) is 0 Å². The lowest BCUT2D eigenvalue weighted by molar-refractivity contribution is -0.125.